The number of rotatable bonds is 2. The first-order valence-corrected chi connectivity index (χ1v) is 4.79. The lowest BCUT2D eigenvalue weighted by Gasteiger charge is -2.34. The van der Waals surface area contributed by atoms with Crippen LogP contribution in [-0.2, 0) is 0 Å². The van der Waals surface area contributed by atoms with Gasteiger partial charge in [0.1, 0.15) is 0 Å². The van der Waals surface area contributed by atoms with Gasteiger partial charge in [-0.05, 0) is 24.7 Å². The smallest absolute Gasteiger partial charge is 0.0249 e. The highest BCUT2D eigenvalue weighted by molar-refractivity contribution is 4.78. The summed E-state index contributed by atoms with van der Waals surface area (Å²) < 4.78 is 0. The molecule has 2 unspecified atom stereocenters. The Morgan fingerprint density at radius 3 is 2.27 bits per heavy atom. The average molecular weight is 154 g/mol. The van der Waals surface area contributed by atoms with E-state index in [-0.39, 0.29) is 0 Å². The third-order valence-electron chi connectivity index (χ3n) is 2.34. The van der Waals surface area contributed by atoms with E-state index >= 15 is 0 Å². The molecule has 0 aliphatic carbocycles. The van der Waals surface area contributed by atoms with Crippen LogP contribution >= 0.6 is 0 Å². The maximum absolute atomic E-state index is 2.48. The molecule has 0 bridgehead atoms. The molecule has 2 atom stereocenters. The van der Waals surface area contributed by atoms with Gasteiger partial charge in [-0.1, -0.05) is 20.8 Å². The Kier molecular flexibility index (Phi) is 3.38. The van der Waals surface area contributed by atoms with Gasteiger partial charge in [-0.15, -0.1) is 0 Å². The van der Waals surface area contributed by atoms with Gasteiger partial charge in [0.25, 0.3) is 0 Å². The highest BCUT2D eigenvalue weighted by Crippen LogP contribution is 2.21. The predicted molar refractivity (Wildman–Crippen MR) is 49.1 cm³/mol. The van der Waals surface area contributed by atoms with Crippen molar-refractivity contribution >= 4 is 0 Å². The van der Waals surface area contributed by atoms with E-state index < -0.39 is 0 Å². The number of hydrogen-bond donors (Lipinski definition) is 0. The minimum Gasteiger partial charge on any atom is -0.298 e. The van der Waals surface area contributed by atoms with Gasteiger partial charge in [0.05, 0.1) is 0 Å². The Labute approximate surface area is 70.8 Å². The number of likely N-dealkylation sites (tertiary alicyclic amines) is 1. The van der Waals surface area contributed by atoms with Gasteiger partial charge >= 0.3 is 0 Å². The van der Waals surface area contributed by atoms with Gasteiger partial charge < -0.3 is 0 Å². The molecule has 0 spiro atoms. The van der Waals surface area contributed by atoms with E-state index in [0.29, 0.717) is 0 Å². The Bertz CT molecular complexity index is 101. The quantitative estimate of drug-likeness (QED) is 0.591. The SMILES string of the molecule is CC[CH]N1CC(C)CC(C)C1. The summed E-state index contributed by atoms with van der Waals surface area (Å²) in [4.78, 5) is 2.48. The van der Waals surface area contributed by atoms with Crippen LogP contribution in [0.5, 0.6) is 0 Å². The molecule has 1 rings (SSSR count). The topological polar surface area (TPSA) is 3.24 Å². The van der Waals surface area contributed by atoms with Crippen LogP contribution in [-0.4, -0.2) is 18.0 Å². The second-order valence-corrected chi connectivity index (χ2v) is 3.99. The van der Waals surface area contributed by atoms with Crippen molar-refractivity contribution in [2.75, 3.05) is 13.1 Å². The molecule has 0 aromatic heterocycles. The fourth-order valence-electron chi connectivity index (χ4n) is 2.12. The molecule has 1 fully saturated rings. The van der Waals surface area contributed by atoms with Gasteiger partial charge in [-0.2, -0.15) is 0 Å². The van der Waals surface area contributed by atoms with Crippen molar-refractivity contribution in [2.45, 2.75) is 33.6 Å². The summed E-state index contributed by atoms with van der Waals surface area (Å²) in [6, 6.07) is 0. The molecule has 0 N–H and O–H groups in total. The summed E-state index contributed by atoms with van der Waals surface area (Å²) in [5.74, 6) is 1.78. The van der Waals surface area contributed by atoms with Gasteiger partial charge in [0.2, 0.25) is 0 Å². The molecule has 0 amide bonds. The maximum atomic E-state index is 2.48. The van der Waals surface area contributed by atoms with Crippen LogP contribution in [0, 0.1) is 18.4 Å². The molecule has 1 aliphatic heterocycles. The lowest BCUT2D eigenvalue weighted by molar-refractivity contribution is 0.169. The minimum atomic E-state index is 0.890. The van der Waals surface area contributed by atoms with Crippen LogP contribution in [0.15, 0.2) is 0 Å². The molecule has 65 valence electrons. The fourth-order valence-corrected chi connectivity index (χ4v) is 2.12. The maximum Gasteiger partial charge on any atom is 0.0249 e. The molecule has 1 aliphatic rings. The highest BCUT2D eigenvalue weighted by Gasteiger charge is 2.20. The predicted octanol–water partition coefficient (Wildman–Crippen LogP) is 2.54. The summed E-state index contributed by atoms with van der Waals surface area (Å²) in [6.07, 6.45) is 2.59. The first-order valence-electron chi connectivity index (χ1n) is 4.79. The van der Waals surface area contributed by atoms with Crippen molar-refractivity contribution in [3.05, 3.63) is 6.54 Å². The molecule has 1 radical (unpaired) electrons. The molecule has 1 nitrogen and oxygen atoms in total. The van der Waals surface area contributed by atoms with Crippen LogP contribution in [0.1, 0.15) is 33.6 Å². The normalized spacial score (nSPS) is 34.1. The van der Waals surface area contributed by atoms with E-state index in [4.69, 9.17) is 0 Å². The summed E-state index contributed by atoms with van der Waals surface area (Å²) in [6.45, 7) is 11.8. The Hall–Kier alpha value is -0.0400. The zero-order valence-electron chi connectivity index (χ0n) is 8.01. The van der Waals surface area contributed by atoms with E-state index in [1.165, 1.54) is 25.9 Å². The van der Waals surface area contributed by atoms with E-state index in [9.17, 15) is 0 Å². The zero-order valence-corrected chi connectivity index (χ0v) is 8.01. The molecule has 0 aromatic rings. The van der Waals surface area contributed by atoms with Crippen molar-refractivity contribution in [1.82, 2.24) is 4.90 Å². The summed E-state index contributed by atoms with van der Waals surface area (Å²) >= 11 is 0. The van der Waals surface area contributed by atoms with Crippen LogP contribution in [0.25, 0.3) is 0 Å². The first-order chi connectivity index (χ1) is 5.22. The van der Waals surface area contributed by atoms with E-state index in [0.717, 1.165) is 11.8 Å². The number of nitrogens with zero attached hydrogens (tertiary/aromatic N) is 1. The molecule has 11 heavy (non-hydrogen) atoms. The molecule has 0 saturated carbocycles. The molecular formula is C10H20N. The monoisotopic (exact) mass is 154 g/mol. The number of piperidine rings is 1. The van der Waals surface area contributed by atoms with E-state index in [1.807, 2.05) is 0 Å². The van der Waals surface area contributed by atoms with Crippen LogP contribution in [0.3, 0.4) is 0 Å². The molecule has 1 heterocycles. The second-order valence-electron chi connectivity index (χ2n) is 3.99. The summed E-state index contributed by atoms with van der Waals surface area (Å²) in [7, 11) is 0. The summed E-state index contributed by atoms with van der Waals surface area (Å²) in [5, 5.41) is 0. The average Bonchev–Trinajstić information content (AvgIpc) is 1.85. The highest BCUT2D eigenvalue weighted by atomic mass is 15.1. The van der Waals surface area contributed by atoms with Crippen molar-refractivity contribution in [2.24, 2.45) is 11.8 Å². The molecule has 0 aromatic carbocycles. The Morgan fingerprint density at radius 2 is 1.82 bits per heavy atom. The standard InChI is InChI=1S/C10H20N/c1-4-5-11-7-9(2)6-10(3)8-11/h5,9-10H,4,6-8H2,1-3H3. The van der Waals surface area contributed by atoms with E-state index in [2.05, 4.69) is 32.2 Å². The van der Waals surface area contributed by atoms with E-state index in [1.54, 1.807) is 0 Å². The lowest BCUT2D eigenvalue weighted by Crippen LogP contribution is -2.36. The van der Waals surface area contributed by atoms with Crippen LogP contribution in [0.4, 0.5) is 0 Å². The molecule has 1 heteroatoms. The van der Waals surface area contributed by atoms with Gasteiger partial charge in [-0.3, -0.25) is 4.90 Å². The van der Waals surface area contributed by atoms with Gasteiger partial charge in [0, 0.05) is 19.6 Å². The van der Waals surface area contributed by atoms with Gasteiger partial charge in [0.15, 0.2) is 0 Å². The minimum absolute atomic E-state index is 0.890. The molecular weight excluding hydrogens is 134 g/mol. The number of hydrogen-bond acceptors (Lipinski definition) is 1. The van der Waals surface area contributed by atoms with Crippen molar-refractivity contribution in [3.8, 4) is 0 Å². The van der Waals surface area contributed by atoms with Crippen molar-refractivity contribution in [1.29, 1.82) is 0 Å². The third kappa shape index (κ3) is 2.82. The molecule has 1 saturated heterocycles. The third-order valence-corrected chi connectivity index (χ3v) is 2.34. The van der Waals surface area contributed by atoms with Crippen molar-refractivity contribution < 1.29 is 0 Å². The largest absolute Gasteiger partial charge is 0.298 e. The Morgan fingerprint density at radius 1 is 1.27 bits per heavy atom. The lowest BCUT2D eigenvalue weighted by atomic mass is 9.92. The zero-order chi connectivity index (χ0) is 8.27. The van der Waals surface area contributed by atoms with Crippen LogP contribution in [0.2, 0.25) is 0 Å². The summed E-state index contributed by atoms with van der Waals surface area (Å²) in [5.41, 5.74) is 0. The van der Waals surface area contributed by atoms with Gasteiger partial charge in [-0.25, -0.2) is 0 Å². The second kappa shape index (κ2) is 4.10. The fraction of sp³-hybridized carbons (Fsp3) is 0.900. The van der Waals surface area contributed by atoms with Crippen molar-refractivity contribution in [3.63, 3.8) is 0 Å². The van der Waals surface area contributed by atoms with Crippen LogP contribution < -0.4 is 0 Å². The Balaban J connectivity index is 2.30. The first kappa shape index (κ1) is 9.05.